The van der Waals surface area contributed by atoms with Gasteiger partial charge in [-0.15, -0.1) is 0 Å². The van der Waals surface area contributed by atoms with Gasteiger partial charge in [-0.1, -0.05) is 6.92 Å². The highest BCUT2D eigenvalue weighted by molar-refractivity contribution is 5.94. The standard InChI is InChI=1S/C12H14F2N2O2/c1-2-8-7-18-6-5-16(8)12(17)9-3-4-15-11(14)10(9)13/h3-4,8H,2,5-7H2,1H3. The Morgan fingerprint density at radius 1 is 1.61 bits per heavy atom. The molecule has 6 heteroatoms. The van der Waals surface area contributed by atoms with E-state index in [1.165, 1.54) is 11.0 Å². The third-order valence-electron chi connectivity index (χ3n) is 3.04. The van der Waals surface area contributed by atoms with Crippen molar-refractivity contribution in [2.24, 2.45) is 0 Å². The molecule has 1 aromatic heterocycles. The number of aromatic nitrogens is 1. The van der Waals surface area contributed by atoms with Crippen molar-refractivity contribution in [2.45, 2.75) is 19.4 Å². The molecular formula is C12H14F2N2O2. The van der Waals surface area contributed by atoms with Crippen molar-refractivity contribution in [3.8, 4) is 0 Å². The van der Waals surface area contributed by atoms with Gasteiger partial charge in [0.05, 0.1) is 24.8 Å². The van der Waals surface area contributed by atoms with E-state index in [-0.39, 0.29) is 11.6 Å². The minimum absolute atomic E-state index is 0.0955. The molecule has 1 unspecified atom stereocenters. The summed E-state index contributed by atoms with van der Waals surface area (Å²) in [4.78, 5) is 16.9. The number of rotatable bonds is 2. The van der Waals surface area contributed by atoms with Gasteiger partial charge < -0.3 is 9.64 Å². The number of carbonyl (C=O) groups excluding carboxylic acids is 1. The SMILES string of the molecule is CCC1COCCN1C(=O)c1ccnc(F)c1F. The van der Waals surface area contributed by atoms with Crippen LogP contribution in [0, 0.1) is 11.8 Å². The molecule has 2 rings (SSSR count). The summed E-state index contributed by atoms with van der Waals surface area (Å²) < 4.78 is 31.8. The molecular weight excluding hydrogens is 242 g/mol. The number of carbonyl (C=O) groups is 1. The summed E-state index contributed by atoms with van der Waals surface area (Å²) in [6.07, 6.45) is 1.80. The van der Waals surface area contributed by atoms with Crippen LogP contribution in [0.1, 0.15) is 23.7 Å². The van der Waals surface area contributed by atoms with Crippen LogP contribution in [0.2, 0.25) is 0 Å². The Morgan fingerprint density at radius 2 is 2.39 bits per heavy atom. The third kappa shape index (κ3) is 2.33. The average Bonchev–Trinajstić information content (AvgIpc) is 2.41. The van der Waals surface area contributed by atoms with Gasteiger partial charge in [0.15, 0.2) is 5.82 Å². The largest absolute Gasteiger partial charge is 0.377 e. The van der Waals surface area contributed by atoms with E-state index >= 15 is 0 Å². The zero-order valence-electron chi connectivity index (χ0n) is 10.0. The maximum atomic E-state index is 13.5. The Morgan fingerprint density at radius 3 is 3.11 bits per heavy atom. The summed E-state index contributed by atoms with van der Waals surface area (Å²) in [5.41, 5.74) is -0.275. The molecule has 1 amide bonds. The molecule has 1 atom stereocenters. The maximum absolute atomic E-state index is 13.5. The number of amides is 1. The lowest BCUT2D eigenvalue weighted by molar-refractivity contribution is -0.00309. The van der Waals surface area contributed by atoms with Crippen LogP contribution in [0.4, 0.5) is 8.78 Å². The number of nitrogens with zero attached hydrogens (tertiary/aromatic N) is 2. The van der Waals surface area contributed by atoms with Gasteiger partial charge in [-0.25, -0.2) is 9.37 Å². The van der Waals surface area contributed by atoms with E-state index in [0.717, 1.165) is 6.20 Å². The lowest BCUT2D eigenvalue weighted by atomic mass is 10.1. The average molecular weight is 256 g/mol. The fraction of sp³-hybridized carbons (Fsp3) is 0.500. The first-order chi connectivity index (χ1) is 8.65. The van der Waals surface area contributed by atoms with Crippen molar-refractivity contribution >= 4 is 5.91 Å². The number of pyridine rings is 1. The highest BCUT2D eigenvalue weighted by atomic mass is 19.2. The molecule has 0 aromatic carbocycles. The second-order valence-electron chi connectivity index (χ2n) is 4.10. The van der Waals surface area contributed by atoms with Gasteiger partial charge in [0.25, 0.3) is 5.91 Å². The molecule has 0 N–H and O–H groups in total. The summed E-state index contributed by atoms with van der Waals surface area (Å²) in [7, 11) is 0. The number of halogens is 2. The summed E-state index contributed by atoms with van der Waals surface area (Å²) in [6.45, 7) is 3.15. The number of ether oxygens (including phenoxy) is 1. The summed E-state index contributed by atoms with van der Waals surface area (Å²) >= 11 is 0. The van der Waals surface area contributed by atoms with E-state index in [1.807, 2.05) is 6.92 Å². The Hall–Kier alpha value is -1.56. The second-order valence-corrected chi connectivity index (χ2v) is 4.10. The Kier molecular flexibility index (Phi) is 3.86. The van der Waals surface area contributed by atoms with Crippen molar-refractivity contribution in [2.75, 3.05) is 19.8 Å². The molecule has 0 bridgehead atoms. The van der Waals surface area contributed by atoms with Gasteiger partial charge >= 0.3 is 0 Å². The normalized spacial score (nSPS) is 19.9. The number of morpholine rings is 1. The van der Waals surface area contributed by atoms with Crippen molar-refractivity contribution in [1.82, 2.24) is 9.88 Å². The molecule has 1 aliphatic rings. The van der Waals surface area contributed by atoms with Gasteiger partial charge in [-0.2, -0.15) is 4.39 Å². The fourth-order valence-corrected chi connectivity index (χ4v) is 2.00. The van der Waals surface area contributed by atoms with Crippen LogP contribution in [0.5, 0.6) is 0 Å². The Balaban J connectivity index is 2.27. The minimum atomic E-state index is -1.25. The molecule has 0 aliphatic carbocycles. The third-order valence-corrected chi connectivity index (χ3v) is 3.04. The second kappa shape index (κ2) is 5.39. The zero-order valence-corrected chi connectivity index (χ0v) is 10.0. The molecule has 0 radical (unpaired) electrons. The molecule has 1 saturated heterocycles. The van der Waals surface area contributed by atoms with Crippen LogP contribution in [0.25, 0.3) is 0 Å². The van der Waals surface area contributed by atoms with Crippen LogP contribution in [-0.4, -0.2) is 41.6 Å². The molecule has 1 aromatic rings. The first kappa shape index (κ1) is 12.9. The summed E-state index contributed by atoms with van der Waals surface area (Å²) in [6, 6.07) is 1.10. The number of hydrogen-bond acceptors (Lipinski definition) is 3. The van der Waals surface area contributed by atoms with E-state index in [1.54, 1.807) is 0 Å². The summed E-state index contributed by atoms with van der Waals surface area (Å²) in [5.74, 6) is -2.95. The van der Waals surface area contributed by atoms with Gasteiger partial charge in [-0.05, 0) is 12.5 Å². The quantitative estimate of drug-likeness (QED) is 0.755. The van der Waals surface area contributed by atoms with E-state index in [9.17, 15) is 13.6 Å². The Labute approximate surface area is 104 Å². The van der Waals surface area contributed by atoms with Crippen molar-refractivity contribution in [3.05, 3.63) is 29.6 Å². The Bertz CT molecular complexity index is 454. The monoisotopic (exact) mass is 256 g/mol. The first-order valence-corrected chi connectivity index (χ1v) is 5.83. The minimum Gasteiger partial charge on any atom is -0.377 e. The van der Waals surface area contributed by atoms with Gasteiger partial charge in [-0.3, -0.25) is 4.79 Å². The van der Waals surface area contributed by atoms with Crippen LogP contribution in [-0.2, 0) is 4.74 Å². The van der Waals surface area contributed by atoms with E-state index in [2.05, 4.69) is 4.98 Å². The molecule has 18 heavy (non-hydrogen) atoms. The topological polar surface area (TPSA) is 42.4 Å². The van der Waals surface area contributed by atoms with Crippen molar-refractivity contribution in [3.63, 3.8) is 0 Å². The molecule has 0 spiro atoms. The van der Waals surface area contributed by atoms with E-state index in [0.29, 0.717) is 26.2 Å². The lowest BCUT2D eigenvalue weighted by Gasteiger charge is -2.35. The van der Waals surface area contributed by atoms with Gasteiger partial charge in [0.2, 0.25) is 5.95 Å². The summed E-state index contributed by atoms with van der Waals surface area (Å²) in [5, 5.41) is 0. The van der Waals surface area contributed by atoms with E-state index in [4.69, 9.17) is 4.74 Å². The van der Waals surface area contributed by atoms with Gasteiger partial charge in [0.1, 0.15) is 0 Å². The van der Waals surface area contributed by atoms with Crippen molar-refractivity contribution in [1.29, 1.82) is 0 Å². The fourth-order valence-electron chi connectivity index (χ4n) is 2.00. The lowest BCUT2D eigenvalue weighted by Crippen LogP contribution is -2.48. The van der Waals surface area contributed by atoms with Gasteiger partial charge in [0, 0.05) is 12.7 Å². The maximum Gasteiger partial charge on any atom is 0.257 e. The zero-order chi connectivity index (χ0) is 13.1. The first-order valence-electron chi connectivity index (χ1n) is 5.83. The molecule has 1 aliphatic heterocycles. The highest BCUT2D eigenvalue weighted by Gasteiger charge is 2.29. The molecule has 1 fully saturated rings. The smallest absolute Gasteiger partial charge is 0.257 e. The molecule has 2 heterocycles. The predicted octanol–water partition coefficient (Wildman–Crippen LogP) is 1.61. The van der Waals surface area contributed by atoms with Crippen LogP contribution in [0.3, 0.4) is 0 Å². The molecule has 0 saturated carbocycles. The van der Waals surface area contributed by atoms with Crippen LogP contribution in [0.15, 0.2) is 12.3 Å². The van der Waals surface area contributed by atoms with Crippen molar-refractivity contribution < 1.29 is 18.3 Å². The predicted molar refractivity (Wildman–Crippen MR) is 60.1 cm³/mol. The van der Waals surface area contributed by atoms with E-state index < -0.39 is 17.7 Å². The highest BCUT2D eigenvalue weighted by Crippen LogP contribution is 2.17. The van der Waals surface area contributed by atoms with Crippen LogP contribution >= 0.6 is 0 Å². The molecule has 4 nitrogen and oxygen atoms in total. The van der Waals surface area contributed by atoms with Crippen LogP contribution < -0.4 is 0 Å². The molecule has 98 valence electrons. The number of hydrogen-bond donors (Lipinski definition) is 0.